The Morgan fingerprint density at radius 3 is 2.04 bits per heavy atom. The monoisotopic (exact) mass is 838 g/mol. The zero-order valence-corrected chi connectivity index (χ0v) is 35.2. The molecule has 1 aliphatic rings. The summed E-state index contributed by atoms with van der Waals surface area (Å²) in [4.78, 5) is 12.0. The van der Waals surface area contributed by atoms with Crippen molar-refractivity contribution in [1.82, 2.24) is 14.9 Å². The quantitative estimate of drug-likeness (QED) is 0.100. The Balaban J connectivity index is 1.42. The zero-order valence-electron chi connectivity index (χ0n) is 32.7. The second-order valence-corrected chi connectivity index (χ2v) is 21.6. The van der Waals surface area contributed by atoms with Gasteiger partial charge in [-0.1, -0.05) is 95.3 Å². The Morgan fingerprint density at radius 2 is 1.49 bits per heavy atom. The molecule has 1 atom stereocenters. The normalized spacial score (nSPS) is 15.5. The number of pyridine rings is 1. The van der Waals surface area contributed by atoms with Gasteiger partial charge in [-0.3, -0.25) is 9.88 Å². The Labute approximate surface area is 331 Å². The van der Waals surface area contributed by atoms with Gasteiger partial charge < -0.3 is 19.0 Å². The Morgan fingerprint density at radius 1 is 0.891 bits per heavy atom. The van der Waals surface area contributed by atoms with Crippen molar-refractivity contribution in [2.45, 2.75) is 65.3 Å². The fraction of sp³-hybridized carbons (Fsp3) is 0.419. The lowest BCUT2D eigenvalue weighted by Gasteiger charge is -2.44. The third kappa shape index (κ3) is 8.88. The van der Waals surface area contributed by atoms with E-state index in [0.29, 0.717) is 41.8 Å². The van der Waals surface area contributed by atoms with E-state index < -0.39 is 26.5 Å². The summed E-state index contributed by atoms with van der Waals surface area (Å²) in [5, 5.41) is 3.09. The number of halogens is 5. The van der Waals surface area contributed by atoms with E-state index in [9.17, 15) is 13.2 Å². The summed E-state index contributed by atoms with van der Waals surface area (Å²) in [6.45, 7) is 14.1. The predicted octanol–water partition coefficient (Wildman–Crippen LogP) is 9.67. The number of aromatic amines is 1. The first-order valence-electron chi connectivity index (χ1n) is 18.7. The molecule has 3 heterocycles. The molecule has 0 aliphatic carbocycles. The molecule has 0 amide bonds. The number of anilines is 1. The van der Waals surface area contributed by atoms with Gasteiger partial charge in [-0.05, 0) is 73.9 Å². The van der Waals surface area contributed by atoms with Crippen molar-refractivity contribution < 1.29 is 26.7 Å². The Hall–Kier alpha value is -3.55. The van der Waals surface area contributed by atoms with E-state index in [2.05, 4.69) is 109 Å². The minimum Gasteiger partial charge on any atom is -0.407 e. The van der Waals surface area contributed by atoms with Crippen LogP contribution in [-0.2, 0) is 15.6 Å². The molecule has 0 spiro atoms. The average molecular weight is 840 g/mol. The highest BCUT2D eigenvalue weighted by molar-refractivity contribution is 9.10. The number of rotatable bonds is 12. The van der Waals surface area contributed by atoms with E-state index in [1.54, 1.807) is 13.3 Å². The van der Waals surface area contributed by atoms with Crippen LogP contribution in [0.1, 0.15) is 58.9 Å². The Kier molecular flexibility index (Phi) is 12.1. The molecule has 1 aliphatic heterocycles. The van der Waals surface area contributed by atoms with Gasteiger partial charge in [0.2, 0.25) is 0 Å². The van der Waals surface area contributed by atoms with Crippen molar-refractivity contribution in [3.05, 3.63) is 107 Å². The van der Waals surface area contributed by atoms with E-state index in [-0.39, 0.29) is 30.0 Å². The SMILES string of the molecule is CO[C@@H](C)c1ncc(N2CCN(CC(F)(F)F)CC2)cc1-c1[nH]c2cc(F)c(Br)cc2c1CC(C)(C)CO[Si](c1ccccc1)(c1ccccc1)C(C)(C)C. The summed E-state index contributed by atoms with van der Waals surface area (Å²) in [6.07, 6.45) is -2.26. The molecular weight excluding hydrogens is 788 g/mol. The first-order valence-corrected chi connectivity index (χ1v) is 21.4. The lowest BCUT2D eigenvalue weighted by Crippen LogP contribution is -2.67. The average Bonchev–Trinajstić information content (AvgIpc) is 3.46. The van der Waals surface area contributed by atoms with E-state index in [1.165, 1.54) is 21.3 Å². The van der Waals surface area contributed by atoms with Crippen molar-refractivity contribution in [1.29, 1.82) is 0 Å². The number of benzene rings is 3. The topological polar surface area (TPSA) is 53.6 Å². The Bertz CT molecular complexity index is 2040. The maximum Gasteiger partial charge on any atom is 0.401 e. The largest absolute Gasteiger partial charge is 0.407 e. The number of methoxy groups -OCH3 is 1. The molecule has 6 nitrogen and oxygen atoms in total. The first-order chi connectivity index (χ1) is 25.9. The summed E-state index contributed by atoms with van der Waals surface area (Å²) >= 11 is 3.44. The molecule has 6 rings (SSSR count). The van der Waals surface area contributed by atoms with Crippen molar-refractivity contribution in [2.24, 2.45) is 5.41 Å². The lowest BCUT2D eigenvalue weighted by atomic mass is 9.84. The van der Waals surface area contributed by atoms with E-state index in [0.717, 1.165) is 27.9 Å². The standard InChI is InChI=1S/C43H51BrF4N4O2Si/c1-29(53-7)39-34(22-30(26-49-39)52-20-18-51(19-21-52)27-43(46,47)48)40-35(33-23-36(44)37(45)24-38(33)50-40)25-42(5,6)28-54-55(41(2,3)4,31-14-10-8-11-15-31)32-16-12-9-13-17-32/h8-17,22-24,26,29,50H,18-21,25,27-28H2,1-7H3/t29-/m0/s1. The molecule has 1 fully saturated rings. The van der Waals surface area contributed by atoms with Gasteiger partial charge in [-0.15, -0.1) is 0 Å². The van der Waals surface area contributed by atoms with Gasteiger partial charge in [0.1, 0.15) is 5.82 Å². The fourth-order valence-corrected chi connectivity index (χ4v) is 13.0. The summed E-state index contributed by atoms with van der Waals surface area (Å²) in [6, 6.07) is 26.5. The van der Waals surface area contributed by atoms with Crippen molar-refractivity contribution >= 4 is 51.2 Å². The molecule has 1 saturated heterocycles. The molecule has 1 N–H and O–H groups in total. The molecule has 0 saturated carbocycles. The molecule has 0 bridgehead atoms. The minimum atomic E-state index is -4.24. The number of hydrogen-bond acceptors (Lipinski definition) is 5. The van der Waals surface area contributed by atoms with Crippen LogP contribution in [0, 0.1) is 11.2 Å². The number of nitrogens with zero attached hydrogens (tertiary/aromatic N) is 3. The van der Waals surface area contributed by atoms with Crippen LogP contribution >= 0.6 is 15.9 Å². The highest BCUT2D eigenvalue weighted by Gasteiger charge is 2.51. The van der Waals surface area contributed by atoms with E-state index in [1.807, 2.05) is 31.2 Å². The third-order valence-corrected chi connectivity index (χ3v) is 16.3. The van der Waals surface area contributed by atoms with Crippen LogP contribution in [0.2, 0.25) is 5.04 Å². The third-order valence-electron chi connectivity index (χ3n) is 10.8. The first kappa shape index (κ1) is 41.1. The highest BCUT2D eigenvalue weighted by Crippen LogP contribution is 2.42. The van der Waals surface area contributed by atoms with Gasteiger partial charge in [-0.25, -0.2) is 4.39 Å². The number of ether oxygens (including phenoxy) is 1. The van der Waals surface area contributed by atoms with Crippen LogP contribution in [0.3, 0.4) is 0 Å². The number of fused-ring (bicyclic) bond motifs is 1. The maximum absolute atomic E-state index is 15.1. The molecule has 0 radical (unpaired) electrons. The van der Waals surface area contributed by atoms with Gasteiger partial charge in [0.25, 0.3) is 8.32 Å². The van der Waals surface area contributed by atoms with E-state index in [4.69, 9.17) is 14.1 Å². The van der Waals surface area contributed by atoms with Crippen LogP contribution in [0.5, 0.6) is 0 Å². The zero-order chi connectivity index (χ0) is 39.8. The maximum atomic E-state index is 15.1. The van der Waals surface area contributed by atoms with Crippen LogP contribution < -0.4 is 15.3 Å². The molecule has 55 heavy (non-hydrogen) atoms. The predicted molar refractivity (Wildman–Crippen MR) is 220 cm³/mol. The smallest absolute Gasteiger partial charge is 0.401 e. The number of nitrogens with one attached hydrogen (secondary N) is 1. The summed E-state index contributed by atoms with van der Waals surface area (Å²) in [7, 11) is -1.21. The number of H-pyrrole nitrogens is 1. The highest BCUT2D eigenvalue weighted by atomic mass is 79.9. The number of aromatic nitrogens is 2. The molecule has 3 aromatic carbocycles. The van der Waals surface area contributed by atoms with Crippen LogP contribution in [0.4, 0.5) is 23.2 Å². The van der Waals surface area contributed by atoms with Crippen molar-refractivity contribution in [2.75, 3.05) is 51.3 Å². The second kappa shape index (κ2) is 16.1. The van der Waals surface area contributed by atoms with Gasteiger partial charge in [0.05, 0.1) is 40.4 Å². The summed E-state index contributed by atoms with van der Waals surface area (Å²) in [5.41, 5.74) is 4.36. The second-order valence-electron chi connectivity index (χ2n) is 16.5. The van der Waals surface area contributed by atoms with Gasteiger partial charge >= 0.3 is 6.18 Å². The van der Waals surface area contributed by atoms with Crippen LogP contribution in [-0.4, -0.2) is 75.8 Å². The molecule has 12 heteroatoms. The number of alkyl halides is 3. The summed E-state index contributed by atoms with van der Waals surface area (Å²) in [5.74, 6) is -0.379. The molecular formula is C43H51BrF4N4O2Si. The molecule has 294 valence electrons. The van der Waals surface area contributed by atoms with Crippen LogP contribution in [0.25, 0.3) is 22.2 Å². The molecule has 2 aromatic heterocycles. The van der Waals surface area contributed by atoms with Crippen molar-refractivity contribution in [3.8, 4) is 11.3 Å². The van der Waals surface area contributed by atoms with Gasteiger partial charge in [-0.2, -0.15) is 13.2 Å². The van der Waals surface area contributed by atoms with Crippen molar-refractivity contribution in [3.63, 3.8) is 0 Å². The lowest BCUT2D eigenvalue weighted by molar-refractivity contribution is -0.146. The van der Waals surface area contributed by atoms with Gasteiger partial charge in [0.15, 0.2) is 0 Å². The van der Waals surface area contributed by atoms with Crippen LogP contribution in [0.15, 0.2) is 89.5 Å². The minimum absolute atomic E-state index is 0.199. The fourth-order valence-electron chi connectivity index (χ4n) is 7.94. The number of piperazine rings is 1. The number of hydrogen-bond donors (Lipinski definition) is 1. The molecule has 5 aromatic rings. The van der Waals surface area contributed by atoms with Gasteiger partial charge in [0, 0.05) is 56.4 Å². The molecule has 0 unspecified atom stereocenters. The summed E-state index contributed by atoms with van der Waals surface area (Å²) < 4.78 is 68.2. The van der Waals surface area contributed by atoms with E-state index >= 15 is 4.39 Å².